The number of hydrogen-bond donors (Lipinski definition) is 2. The molecule has 0 spiro atoms. The number of nitrogens with one attached hydrogen (secondary N) is 1. The van der Waals surface area contributed by atoms with Crippen LogP contribution in [0.15, 0.2) is 53.0 Å². The molecule has 2 aromatic rings. The highest BCUT2D eigenvalue weighted by atomic mass is 79.9. The highest BCUT2D eigenvalue weighted by Gasteiger charge is 2.24. The molecule has 1 amide bonds. The van der Waals surface area contributed by atoms with Gasteiger partial charge in [-0.3, -0.25) is 4.79 Å². The molecule has 2 N–H and O–H groups in total. The van der Waals surface area contributed by atoms with Gasteiger partial charge in [0.2, 0.25) is 0 Å². The predicted octanol–water partition coefficient (Wildman–Crippen LogP) is 3.74. The van der Waals surface area contributed by atoms with Gasteiger partial charge < -0.3 is 10.4 Å². The molecule has 0 bridgehead atoms. The van der Waals surface area contributed by atoms with Crippen molar-refractivity contribution < 1.29 is 9.90 Å². The summed E-state index contributed by atoms with van der Waals surface area (Å²) in [5.41, 5.74) is 0.0605. The van der Waals surface area contributed by atoms with Gasteiger partial charge in [-0.2, -0.15) is 0 Å². The smallest absolute Gasteiger partial charge is 0.252 e. The molecule has 0 fully saturated rings. The van der Waals surface area contributed by atoms with Crippen molar-refractivity contribution in [2.75, 3.05) is 6.54 Å². The highest BCUT2D eigenvalue weighted by Crippen LogP contribution is 2.22. The average molecular weight is 369 g/mol. The molecule has 0 aliphatic carbocycles. The normalized spacial score (nSPS) is 13.5. The molecule has 2 rings (SSSR count). The summed E-state index contributed by atoms with van der Waals surface area (Å²) >= 11 is 9.16. The molecule has 0 saturated carbocycles. The Balaban J connectivity index is 2.06. The lowest BCUT2D eigenvalue weighted by Gasteiger charge is -2.24. The van der Waals surface area contributed by atoms with E-state index in [1.54, 1.807) is 49.4 Å². The maximum Gasteiger partial charge on any atom is 0.252 e. The number of aliphatic hydroxyl groups is 1. The second-order valence-corrected chi connectivity index (χ2v) is 6.23. The average Bonchev–Trinajstić information content (AvgIpc) is 2.46. The Labute approximate surface area is 137 Å². The van der Waals surface area contributed by atoms with E-state index in [0.717, 1.165) is 0 Å². The Morgan fingerprint density at radius 1 is 1.24 bits per heavy atom. The van der Waals surface area contributed by atoms with Gasteiger partial charge in [-0.1, -0.05) is 35.9 Å². The molecule has 2 aromatic carbocycles. The minimum Gasteiger partial charge on any atom is -0.384 e. The molecule has 5 heteroatoms. The van der Waals surface area contributed by atoms with Crippen LogP contribution in [0.2, 0.25) is 5.02 Å². The number of benzene rings is 2. The van der Waals surface area contributed by atoms with Gasteiger partial charge in [0.25, 0.3) is 5.91 Å². The molecule has 21 heavy (non-hydrogen) atoms. The lowest BCUT2D eigenvalue weighted by molar-refractivity contribution is 0.0526. The summed E-state index contributed by atoms with van der Waals surface area (Å²) in [6.07, 6.45) is 0. The third-order valence-electron chi connectivity index (χ3n) is 3.18. The van der Waals surface area contributed by atoms with Crippen molar-refractivity contribution in [1.29, 1.82) is 0 Å². The van der Waals surface area contributed by atoms with E-state index in [0.29, 0.717) is 20.6 Å². The van der Waals surface area contributed by atoms with Crippen LogP contribution >= 0.6 is 27.5 Å². The van der Waals surface area contributed by atoms with Gasteiger partial charge >= 0.3 is 0 Å². The van der Waals surface area contributed by atoms with Gasteiger partial charge in [-0.05, 0) is 52.7 Å². The monoisotopic (exact) mass is 367 g/mol. The van der Waals surface area contributed by atoms with Crippen molar-refractivity contribution in [2.24, 2.45) is 0 Å². The number of carbonyl (C=O) groups is 1. The van der Waals surface area contributed by atoms with Gasteiger partial charge in [0.15, 0.2) is 0 Å². The third-order valence-corrected chi connectivity index (χ3v) is 4.12. The van der Waals surface area contributed by atoms with Crippen molar-refractivity contribution in [1.82, 2.24) is 5.32 Å². The molecule has 0 radical (unpaired) electrons. The first-order valence-electron chi connectivity index (χ1n) is 6.41. The summed E-state index contributed by atoms with van der Waals surface area (Å²) in [7, 11) is 0. The quantitative estimate of drug-likeness (QED) is 0.863. The van der Waals surface area contributed by atoms with Crippen molar-refractivity contribution in [3.8, 4) is 0 Å². The Morgan fingerprint density at radius 2 is 1.86 bits per heavy atom. The van der Waals surface area contributed by atoms with Crippen LogP contribution in [0.25, 0.3) is 0 Å². The lowest BCUT2D eigenvalue weighted by Crippen LogP contribution is -2.38. The molecular formula is C16H15BrClNO2. The minimum absolute atomic E-state index is 0.106. The van der Waals surface area contributed by atoms with Crippen molar-refractivity contribution in [3.05, 3.63) is 69.2 Å². The Morgan fingerprint density at radius 3 is 2.48 bits per heavy atom. The fourth-order valence-electron chi connectivity index (χ4n) is 1.90. The van der Waals surface area contributed by atoms with Crippen LogP contribution in [-0.4, -0.2) is 17.6 Å². The van der Waals surface area contributed by atoms with Gasteiger partial charge in [0, 0.05) is 9.50 Å². The SMILES string of the molecule is CC(O)(CNC(=O)c1ccccc1Br)c1ccc(Cl)cc1. The van der Waals surface area contributed by atoms with Crippen LogP contribution in [0.1, 0.15) is 22.8 Å². The predicted molar refractivity (Wildman–Crippen MR) is 87.5 cm³/mol. The summed E-state index contributed by atoms with van der Waals surface area (Å²) in [5, 5.41) is 13.8. The van der Waals surface area contributed by atoms with E-state index in [1.165, 1.54) is 0 Å². The highest BCUT2D eigenvalue weighted by molar-refractivity contribution is 9.10. The number of rotatable bonds is 4. The molecule has 3 nitrogen and oxygen atoms in total. The van der Waals surface area contributed by atoms with Crippen LogP contribution in [0.4, 0.5) is 0 Å². The topological polar surface area (TPSA) is 49.3 Å². The summed E-state index contributed by atoms with van der Waals surface area (Å²) in [5.74, 6) is -0.239. The zero-order chi connectivity index (χ0) is 15.5. The molecule has 0 aliphatic rings. The molecule has 0 aliphatic heterocycles. The first kappa shape index (κ1) is 16.0. The molecular weight excluding hydrogens is 354 g/mol. The molecule has 1 atom stereocenters. The summed E-state index contributed by atoms with van der Waals surface area (Å²) in [6, 6.07) is 14.0. The number of amides is 1. The molecule has 1 unspecified atom stereocenters. The van der Waals surface area contributed by atoms with E-state index < -0.39 is 5.60 Å². The second kappa shape index (κ2) is 6.60. The number of carbonyl (C=O) groups excluding carboxylic acids is 1. The van der Waals surface area contributed by atoms with E-state index in [-0.39, 0.29) is 12.5 Å². The van der Waals surface area contributed by atoms with E-state index >= 15 is 0 Å². The second-order valence-electron chi connectivity index (χ2n) is 4.94. The molecule has 0 saturated heterocycles. The Bertz CT molecular complexity index is 641. The van der Waals surface area contributed by atoms with Crippen LogP contribution in [-0.2, 0) is 5.60 Å². The fourth-order valence-corrected chi connectivity index (χ4v) is 2.49. The van der Waals surface area contributed by atoms with Crippen molar-refractivity contribution in [2.45, 2.75) is 12.5 Å². The van der Waals surface area contributed by atoms with E-state index in [2.05, 4.69) is 21.2 Å². The van der Waals surface area contributed by atoms with Crippen LogP contribution < -0.4 is 5.32 Å². The van der Waals surface area contributed by atoms with E-state index in [9.17, 15) is 9.90 Å². The van der Waals surface area contributed by atoms with E-state index in [4.69, 9.17) is 11.6 Å². The maximum absolute atomic E-state index is 12.1. The number of hydrogen-bond acceptors (Lipinski definition) is 2. The molecule has 0 heterocycles. The largest absolute Gasteiger partial charge is 0.384 e. The Kier molecular flexibility index (Phi) is 5.04. The summed E-state index contributed by atoms with van der Waals surface area (Å²) in [6.45, 7) is 1.76. The zero-order valence-electron chi connectivity index (χ0n) is 11.4. The summed E-state index contributed by atoms with van der Waals surface area (Å²) in [4.78, 5) is 12.1. The maximum atomic E-state index is 12.1. The van der Waals surface area contributed by atoms with Crippen LogP contribution in [0.5, 0.6) is 0 Å². The minimum atomic E-state index is -1.17. The first-order valence-corrected chi connectivity index (χ1v) is 7.58. The van der Waals surface area contributed by atoms with Crippen molar-refractivity contribution in [3.63, 3.8) is 0 Å². The summed E-state index contributed by atoms with van der Waals surface area (Å²) < 4.78 is 0.716. The third kappa shape index (κ3) is 4.06. The molecule has 110 valence electrons. The van der Waals surface area contributed by atoms with E-state index in [1.807, 2.05) is 6.07 Å². The van der Waals surface area contributed by atoms with Crippen molar-refractivity contribution >= 4 is 33.4 Å². The first-order chi connectivity index (χ1) is 9.90. The van der Waals surface area contributed by atoms with Gasteiger partial charge in [-0.25, -0.2) is 0 Å². The molecule has 0 aromatic heterocycles. The van der Waals surface area contributed by atoms with Gasteiger partial charge in [0.05, 0.1) is 12.1 Å². The van der Waals surface area contributed by atoms with Crippen LogP contribution in [0, 0.1) is 0 Å². The van der Waals surface area contributed by atoms with Gasteiger partial charge in [0.1, 0.15) is 5.60 Å². The lowest BCUT2D eigenvalue weighted by atomic mass is 9.96. The number of halogens is 2. The standard InChI is InChI=1S/C16H15BrClNO2/c1-16(21,11-6-8-12(18)9-7-11)10-19-15(20)13-4-2-3-5-14(13)17/h2-9,21H,10H2,1H3,(H,19,20). The van der Waals surface area contributed by atoms with Gasteiger partial charge in [-0.15, -0.1) is 0 Å². The zero-order valence-corrected chi connectivity index (χ0v) is 13.8. The van der Waals surface area contributed by atoms with Crippen LogP contribution in [0.3, 0.4) is 0 Å². The fraction of sp³-hybridized carbons (Fsp3) is 0.188. The Hall–Kier alpha value is -1.36.